The summed E-state index contributed by atoms with van der Waals surface area (Å²) in [4.78, 5) is 28.9. The zero-order valence-corrected chi connectivity index (χ0v) is 24.4. The van der Waals surface area contributed by atoms with Gasteiger partial charge >= 0.3 is 0 Å². The molecule has 1 saturated carbocycles. The first-order valence-corrected chi connectivity index (χ1v) is 15.4. The highest BCUT2D eigenvalue weighted by atomic mass is 32.2. The van der Waals surface area contributed by atoms with E-state index in [1.807, 2.05) is 56.3 Å². The lowest BCUT2D eigenvalue weighted by Gasteiger charge is -2.33. The lowest BCUT2D eigenvalue weighted by Crippen LogP contribution is -2.53. The number of carbonyl (C=O) groups excluding carboxylic acids is 2. The molecule has 40 heavy (non-hydrogen) atoms. The summed E-state index contributed by atoms with van der Waals surface area (Å²) in [6.07, 6.45) is 4.58. The Hall–Kier alpha value is -3.65. The van der Waals surface area contributed by atoms with Crippen molar-refractivity contribution in [1.82, 2.24) is 10.2 Å². The Labute approximate surface area is 238 Å². The van der Waals surface area contributed by atoms with Gasteiger partial charge in [0.15, 0.2) is 0 Å². The number of amides is 2. The number of nitrogens with zero attached hydrogens (tertiary/aromatic N) is 2. The van der Waals surface area contributed by atoms with Gasteiger partial charge in [-0.05, 0) is 69.4 Å². The Morgan fingerprint density at radius 3 is 2.17 bits per heavy atom. The van der Waals surface area contributed by atoms with Crippen LogP contribution in [0, 0.1) is 13.8 Å². The number of benzene rings is 3. The van der Waals surface area contributed by atoms with E-state index in [0.29, 0.717) is 12.1 Å². The molecule has 212 valence electrons. The molecular weight excluding hydrogens is 522 g/mol. The van der Waals surface area contributed by atoms with Crippen LogP contribution in [0.4, 0.5) is 5.69 Å². The van der Waals surface area contributed by atoms with Gasteiger partial charge in [-0.2, -0.15) is 0 Å². The fourth-order valence-corrected chi connectivity index (χ4v) is 6.78. The molecule has 3 aromatic rings. The molecule has 1 fully saturated rings. The molecule has 4 rings (SSSR count). The first-order chi connectivity index (χ1) is 19.2. The van der Waals surface area contributed by atoms with Crippen molar-refractivity contribution in [3.63, 3.8) is 0 Å². The van der Waals surface area contributed by atoms with Gasteiger partial charge in [-0.1, -0.05) is 79.1 Å². The lowest BCUT2D eigenvalue weighted by molar-refractivity contribution is -0.139. The smallest absolute Gasteiger partial charge is 0.264 e. The summed E-state index contributed by atoms with van der Waals surface area (Å²) in [5, 5.41) is 3.10. The Morgan fingerprint density at radius 2 is 1.55 bits per heavy atom. The second-order valence-electron chi connectivity index (χ2n) is 10.6. The predicted octanol–water partition coefficient (Wildman–Crippen LogP) is 5.02. The SMILES string of the molecule is Cc1ccc(N(CC(=O)N(CCc2ccccc2)C(C)C(=O)NC2CCCC2)S(=O)(=O)c2ccccc2)c(C)c1. The van der Waals surface area contributed by atoms with Crippen molar-refractivity contribution in [2.45, 2.75) is 69.9 Å². The fraction of sp³-hybridized carbons (Fsp3) is 0.375. The molecule has 0 spiro atoms. The Balaban J connectivity index is 1.66. The van der Waals surface area contributed by atoms with Crippen molar-refractivity contribution >= 4 is 27.5 Å². The van der Waals surface area contributed by atoms with Gasteiger partial charge in [0.1, 0.15) is 12.6 Å². The second-order valence-corrected chi connectivity index (χ2v) is 12.5. The lowest BCUT2D eigenvalue weighted by atomic mass is 10.1. The van der Waals surface area contributed by atoms with Crippen LogP contribution < -0.4 is 9.62 Å². The second kappa shape index (κ2) is 13.1. The maximum absolute atomic E-state index is 14.0. The first-order valence-electron chi connectivity index (χ1n) is 14.0. The average molecular weight is 562 g/mol. The van der Waals surface area contributed by atoms with E-state index in [-0.39, 0.29) is 23.4 Å². The molecule has 7 nitrogen and oxygen atoms in total. The number of nitrogens with one attached hydrogen (secondary N) is 1. The van der Waals surface area contributed by atoms with Crippen molar-refractivity contribution in [2.24, 2.45) is 0 Å². The largest absolute Gasteiger partial charge is 0.352 e. The van der Waals surface area contributed by atoms with Crippen LogP contribution in [0.25, 0.3) is 0 Å². The summed E-state index contributed by atoms with van der Waals surface area (Å²) < 4.78 is 29.0. The number of sulfonamides is 1. The molecular formula is C32H39N3O4S. The molecule has 1 aliphatic carbocycles. The fourth-order valence-electron chi connectivity index (χ4n) is 5.28. The van der Waals surface area contributed by atoms with E-state index in [1.165, 1.54) is 21.3 Å². The summed E-state index contributed by atoms with van der Waals surface area (Å²) in [6.45, 7) is 5.37. The molecule has 0 aliphatic heterocycles. The number of hydrogen-bond donors (Lipinski definition) is 1. The van der Waals surface area contributed by atoms with Gasteiger partial charge in [0.2, 0.25) is 11.8 Å². The summed E-state index contributed by atoms with van der Waals surface area (Å²) in [5.41, 5.74) is 3.21. The zero-order chi connectivity index (χ0) is 28.7. The maximum Gasteiger partial charge on any atom is 0.264 e. The molecule has 2 amide bonds. The van der Waals surface area contributed by atoms with Crippen LogP contribution in [0.2, 0.25) is 0 Å². The van der Waals surface area contributed by atoms with Crippen LogP contribution >= 0.6 is 0 Å². The molecule has 1 aliphatic rings. The van der Waals surface area contributed by atoms with Crippen LogP contribution in [0.1, 0.15) is 49.3 Å². The van der Waals surface area contributed by atoms with E-state index in [4.69, 9.17) is 0 Å². The highest BCUT2D eigenvalue weighted by Gasteiger charge is 2.33. The number of rotatable bonds is 11. The molecule has 8 heteroatoms. The van der Waals surface area contributed by atoms with Crippen LogP contribution in [0.15, 0.2) is 83.8 Å². The molecule has 1 unspecified atom stereocenters. The van der Waals surface area contributed by atoms with Gasteiger partial charge in [0, 0.05) is 12.6 Å². The molecule has 0 radical (unpaired) electrons. The average Bonchev–Trinajstić information content (AvgIpc) is 3.46. The van der Waals surface area contributed by atoms with E-state index in [9.17, 15) is 18.0 Å². The molecule has 1 N–H and O–H groups in total. The Morgan fingerprint density at radius 1 is 0.925 bits per heavy atom. The van der Waals surface area contributed by atoms with E-state index in [1.54, 1.807) is 31.2 Å². The zero-order valence-electron chi connectivity index (χ0n) is 23.5. The standard InChI is InChI=1S/C32H39N3O4S/c1-24-18-19-30(25(2)22-24)35(40(38,39)29-16-8-5-9-17-29)23-31(36)34(21-20-27-12-6-4-7-13-27)26(3)32(37)33-28-14-10-11-15-28/h4-9,12-13,16-19,22,26,28H,10-11,14-15,20-21,23H2,1-3H3,(H,33,37). The van der Waals surface area contributed by atoms with E-state index in [0.717, 1.165) is 42.4 Å². The topological polar surface area (TPSA) is 86.8 Å². The minimum atomic E-state index is -4.06. The van der Waals surface area contributed by atoms with E-state index >= 15 is 0 Å². The van der Waals surface area contributed by atoms with Crippen molar-refractivity contribution in [1.29, 1.82) is 0 Å². The Kier molecular flexibility index (Phi) is 9.63. The van der Waals surface area contributed by atoms with Crippen LogP contribution in [0.3, 0.4) is 0 Å². The highest BCUT2D eigenvalue weighted by Crippen LogP contribution is 2.28. The van der Waals surface area contributed by atoms with Gasteiger partial charge < -0.3 is 10.2 Å². The minimum absolute atomic E-state index is 0.102. The maximum atomic E-state index is 14.0. The first kappa shape index (κ1) is 29.3. The van der Waals surface area contributed by atoms with Crippen molar-refractivity contribution in [3.05, 3.63) is 95.6 Å². The number of carbonyl (C=O) groups is 2. The molecule has 0 bridgehead atoms. The summed E-state index contributed by atoms with van der Waals surface area (Å²) >= 11 is 0. The van der Waals surface area contributed by atoms with Gasteiger partial charge in [-0.15, -0.1) is 0 Å². The van der Waals surface area contributed by atoms with Crippen LogP contribution in [-0.2, 0) is 26.0 Å². The predicted molar refractivity (Wildman–Crippen MR) is 159 cm³/mol. The normalized spacial score (nSPS) is 14.5. The van der Waals surface area contributed by atoms with Crippen LogP contribution in [-0.4, -0.2) is 50.3 Å². The van der Waals surface area contributed by atoms with Crippen LogP contribution in [0.5, 0.6) is 0 Å². The van der Waals surface area contributed by atoms with Gasteiger partial charge in [-0.3, -0.25) is 13.9 Å². The highest BCUT2D eigenvalue weighted by molar-refractivity contribution is 7.92. The third-order valence-electron chi connectivity index (χ3n) is 7.58. The number of anilines is 1. The van der Waals surface area contributed by atoms with Crippen molar-refractivity contribution < 1.29 is 18.0 Å². The number of hydrogen-bond acceptors (Lipinski definition) is 4. The third-order valence-corrected chi connectivity index (χ3v) is 9.36. The van der Waals surface area contributed by atoms with Crippen molar-refractivity contribution in [3.8, 4) is 0 Å². The van der Waals surface area contributed by atoms with Gasteiger partial charge in [0.05, 0.1) is 10.6 Å². The van der Waals surface area contributed by atoms with Gasteiger partial charge in [0.25, 0.3) is 10.0 Å². The summed E-state index contributed by atoms with van der Waals surface area (Å²) in [7, 11) is -4.06. The molecule has 3 aromatic carbocycles. The minimum Gasteiger partial charge on any atom is -0.352 e. The molecule has 0 saturated heterocycles. The van der Waals surface area contributed by atoms with E-state index in [2.05, 4.69) is 5.32 Å². The number of aryl methyl sites for hydroxylation is 2. The van der Waals surface area contributed by atoms with E-state index < -0.39 is 28.5 Å². The summed E-state index contributed by atoms with van der Waals surface area (Å²) in [6, 6.07) is 22.7. The Bertz CT molecular complexity index is 1400. The summed E-state index contributed by atoms with van der Waals surface area (Å²) in [5.74, 6) is -0.637. The molecule has 1 atom stereocenters. The van der Waals surface area contributed by atoms with Gasteiger partial charge in [-0.25, -0.2) is 8.42 Å². The third kappa shape index (κ3) is 7.10. The van der Waals surface area contributed by atoms with Crippen molar-refractivity contribution in [2.75, 3.05) is 17.4 Å². The monoisotopic (exact) mass is 561 g/mol. The quantitative estimate of drug-likeness (QED) is 0.356. The molecule has 0 heterocycles. The molecule has 0 aromatic heterocycles.